The van der Waals surface area contributed by atoms with E-state index in [-0.39, 0.29) is 34.7 Å². The first-order valence-corrected chi connectivity index (χ1v) is 9.16. The van der Waals surface area contributed by atoms with Gasteiger partial charge in [0.1, 0.15) is 11.2 Å². The second-order valence-electron chi connectivity index (χ2n) is 5.92. The molecule has 2 heterocycles. The predicted octanol–water partition coefficient (Wildman–Crippen LogP) is 3.54. The van der Waals surface area contributed by atoms with Crippen LogP contribution in [-0.4, -0.2) is 36.6 Å². The van der Waals surface area contributed by atoms with E-state index in [0.717, 1.165) is 17.5 Å². The number of benzene rings is 1. The highest BCUT2D eigenvalue weighted by Crippen LogP contribution is 2.27. The molecular weight excluding hydrogens is 414 g/mol. The van der Waals surface area contributed by atoms with Crippen LogP contribution < -0.4 is 5.32 Å². The smallest absolute Gasteiger partial charge is 0.287 e. The Labute approximate surface area is 172 Å². The molecule has 2 aromatic heterocycles. The summed E-state index contributed by atoms with van der Waals surface area (Å²) in [5, 5.41) is 32.6. The first-order valence-electron chi connectivity index (χ1n) is 8.34. The Bertz CT molecular complexity index is 1130. The minimum absolute atomic E-state index is 0.0333. The zero-order chi connectivity index (χ0) is 21.7. The van der Waals surface area contributed by atoms with E-state index < -0.39 is 9.85 Å². The number of aliphatic imine (C=N–C) groups is 1. The number of hydrogen-bond acceptors (Lipinski definition) is 10. The summed E-state index contributed by atoms with van der Waals surface area (Å²) < 4.78 is 0. The molecular formula is C17H13N7O5S. The van der Waals surface area contributed by atoms with Gasteiger partial charge in [-0.1, -0.05) is 11.3 Å². The van der Waals surface area contributed by atoms with E-state index in [1.54, 1.807) is 19.1 Å². The summed E-state index contributed by atoms with van der Waals surface area (Å²) in [5.41, 5.74) is 0.910. The molecule has 0 bridgehead atoms. The molecule has 1 N–H and O–H groups in total. The Hall–Kier alpha value is -4.13. The predicted molar refractivity (Wildman–Crippen MR) is 109 cm³/mol. The van der Waals surface area contributed by atoms with Crippen molar-refractivity contribution in [2.75, 3.05) is 5.32 Å². The molecule has 0 saturated carbocycles. The van der Waals surface area contributed by atoms with Crippen molar-refractivity contribution in [3.63, 3.8) is 0 Å². The third kappa shape index (κ3) is 5.23. The van der Waals surface area contributed by atoms with Gasteiger partial charge < -0.3 is 5.32 Å². The molecule has 1 aromatic carbocycles. The van der Waals surface area contributed by atoms with Gasteiger partial charge in [0.05, 0.1) is 16.3 Å². The van der Waals surface area contributed by atoms with Crippen LogP contribution in [0.15, 0.2) is 47.6 Å². The molecule has 1 amide bonds. The van der Waals surface area contributed by atoms with E-state index in [0.29, 0.717) is 16.3 Å². The molecule has 3 rings (SSSR count). The average Bonchev–Trinajstić information content (AvgIpc) is 3.16. The van der Waals surface area contributed by atoms with Gasteiger partial charge in [0.25, 0.3) is 11.4 Å². The summed E-state index contributed by atoms with van der Waals surface area (Å²) in [7, 11) is 0. The Balaban J connectivity index is 1.60. The summed E-state index contributed by atoms with van der Waals surface area (Å²) >= 11 is 1.12. The standard InChI is InChI=1S/C17H13N7O5S/c1-10(19-14-7-6-13(9-18-14)24(28)29)8-15(25)20-17-22-21-16(30-17)11-2-4-12(5-3-11)23(26)27/h2-7,9H,8H2,1H3,(H,20,22,25). The van der Waals surface area contributed by atoms with Gasteiger partial charge in [-0.05, 0) is 25.1 Å². The minimum Gasteiger partial charge on any atom is -0.300 e. The van der Waals surface area contributed by atoms with E-state index in [4.69, 9.17) is 0 Å². The summed E-state index contributed by atoms with van der Waals surface area (Å²) in [4.78, 5) is 40.5. The van der Waals surface area contributed by atoms with Gasteiger partial charge in [-0.2, -0.15) is 0 Å². The molecule has 0 spiro atoms. The number of hydrogen-bond donors (Lipinski definition) is 1. The fourth-order valence-corrected chi connectivity index (χ4v) is 3.06. The molecule has 152 valence electrons. The van der Waals surface area contributed by atoms with E-state index in [2.05, 4.69) is 25.5 Å². The highest BCUT2D eigenvalue weighted by atomic mass is 32.1. The highest BCUT2D eigenvalue weighted by molar-refractivity contribution is 7.18. The molecule has 0 fully saturated rings. The molecule has 0 aliphatic carbocycles. The maximum atomic E-state index is 12.2. The molecule has 13 heteroatoms. The number of amides is 1. The van der Waals surface area contributed by atoms with Crippen LogP contribution in [0.1, 0.15) is 13.3 Å². The number of nitrogens with zero attached hydrogens (tertiary/aromatic N) is 6. The van der Waals surface area contributed by atoms with Gasteiger partial charge in [0.2, 0.25) is 11.0 Å². The van der Waals surface area contributed by atoms with Crippen LogP contribution in [0.3, 0.4) is 0 Å². The van der Waals surface area contributed by atoms with Crippen molar-refractivity contribution in [2.24, 2.45) is 4.99 Å². The molecule has 12 nitrogen and oxygen atoms in total. The van der Waals surface area contributed by atoms with Crippen LogP contribution >= 0.6 is 11.3 Å². The summed E-state index contributed by atoms with van der Waals surface area (Å²) in [6.45, 7) is 1.63. The van der Waals surface area contributed by atoms with Gasteiger partial charge in [0.15, 0.2) is 5.82 Å². The fraction of sp³-hybridized carbons (Fsp3) is 0.118. The SMILES string of the molecule is CC(CC(=O)Nc1nnc(-c2ccc([N+](=O)[O-])cc2)s1)=Nc1ccc([N+](=O)[O-])cn1. The molecule has 0 saturated heterocycles. The minimum atomic E-state index is -0.562. The largest absolute Gasteiger partial charge is 0.300 e. The van der Waals surface area contributed by atoms with Gasteiger partial charge in [-0.15, -0.1) is 10.2 Å². The Kier molecular flexibility index (Phi) is 6.12. The molecule has 0 radical (unpaired) electrons. The van der Waals surface area contributed by atoms with Crippen molar-refractivity contribution in [2.45, 2.75) is 13.3 Å². The van der Waals surface area contributed by atoms with Crippen molar-refractivity contribution < 1.29 is 14.6 Å². The first kappa shape index (κ1) is 20.6. The van der Waals surface area contributed by atoms with E-state index >= 15 is 0 Å². The number of carbonyl (C=O) groups is 1. The molecule has 0 aliphatic rings. The van der Waals surface area contributed by atoms with E-state index in [1.165, 1.54) is 24.3 Å². The van der Waals surface area contributed by atoms with Gasteiger partial charge in [-0.25, -0.2) is 9.98 Å². The Morgan fingerprint density at radius 3 is 2.33 bits per heavy atom. The van der Waals surface area contributed by atoms with Crippen LogP contribution in [0.5, 0.6) is 0 Å². The maximum absolute atomic E-state index is 12.2. The van der Waals surface area contributed by atoms with Crippen molar-refractivity contribution in [3.8, 4) is 10.6 Å². The number of nitro benzene ring substituents is 1. The maximum Gasteiger partial charge on any atom is 0.287 e. The van der Waals surface area contributed by atoms with Gasteiger partial charge >= 0.3 is 0 Å². The van der Waals surface area contributed by atoms with Gasteiger partial charge in [0, 0.05) is 29.5 Å². The van der Waals surface area contributed by atoms with Crippen molar-refractivity contribution in [1.82, 2.24) is 15.2 Å². The van der Waals surface area contributed by atoms with Crippen LogP contribution in [0.25, 0.3) is 10.6 Å². The van der Waals surface area contributed by atoms with Crippen molar-refractivity contribution in [3.05, 3.63) is 62.8 Å². The molecule has 0 atom stereocenters. The topological polar surface area (TPSA) is 166 Å². The number of rotatable bonds is 7. The zero-order valence-electron chi connectivity index (χ0n) is 15.4. The third-order valence-electron chi connectivity index (χ3n) is 3.66. The molecule has 30 heavy (non-hydrogen) atoms. The number of pyridine rings is 1. The van der Waals surface area contributed by atoms with Crippen molar-refractivity contribution in [1.29, 1.82) is 0 Å². The van der Waals surface area contributed by atoms with Gasteiger partial charge in [-0.3, -0.25) is 25.0 Å². The lowest BCUT2D eigenvalue weighted by atomic mass is 10.2. The van der Waals surface area contributed by atoms with Crippen LogP contribution in [-0.2, 0) is 4.79 Å². The number of aromatic nitrogens is 3. The van der Waals surface area contributed by atoms with Crippen LogP contribution in [0.2, 0.25) is 0 Å². The Morgan fingerprint density at radius 2 is 1.73 bits per heavy atom. The number of nitro groups is 2. The van der Waals surface area contributed by atoms with E-state index in [9.17, 15) is 25.0 Å². The Morgan fingerprint density at radius 1 is 1.07 bits per heavy atom. The molecule has 0 unspecified atom stereocenters. The number of nitrogens with one attached hydrogen (secondary N) is 1. The van der Waals surface area contributed by atoms with Crippen LogP contribution in [0.4, 0.5) is 22.3 Å². The highest BCUT2D eigenvalue weighted by Gasteiger charge is 2.12. The average molecular weight is 427 g/mol. The number of non-ortho nitro benzene ring substituents is 1. The third-order valence-corrected chi connectivity index (χ3v) is 4.55. The monoisotopic (exact) mass is 427 g/mol. The zero-order valence-corrected chi connectivity index (χ0v) is 16.2. The first-order chi connectivity index (χ1) is 14.3. The molecule has 0 aliphatic heterocycles. The van der Waals surface area contributed by atoms with E-state index in [1.807, 2.05) is 0 Å². The molecule has 3 aromatic rings. The normalized spacial score (nSPS) is 11.2. The number of anilines is 1. The quantitative estimate of drug-likeness (QED) is 0.339. The lowest BCUT2D eigenvalue weighted by molar-refractivity contribution is -0.385. The number of carbonyl (C=O) groups excluding carboxylic acids is 1. The lowest BCUT2D eigenvalue weighted by Gasteiger charge is -2.01. The lowest BCUT2D eigenvalue weighted by Crippen LogP contribution is -2.14. The van der Waals surface area contributed by atoms with Crippen LogP contribution in [0, 0.1) is 20.2 Å². The second-order valence-corrected chi connectivity index (χ2v) is 6.90. The summed E-state index contributed by atoms with van der Waals surface area (Å²) in [6.07, 6.45) is 1.05. The summed E-state index contributed by atoms with van der Waals surface area (Å²) in [6, 6.07) is 8.50. The second kappa shape index (κ2) is 8.91. The fourth-order valence-electron chi connectivity index (χ4n) is 2.30. The summed E-state index contributed by atoms with van der Waals surface area (Å²) in [5.74, 6) is -0.119. The van der Waals surface area contributed by atoms with Crippen molar-refractivity contribution >= 4 is 45.3 Å².